The molecule has 1 aliphatic carbocycles. The van der Waals surface area contributed by atoms with E-state index in [1.165, 1.54) is 0 Å². The Balaban J connectivity index is 1.91. The van der Waals surface area contributed by atoms with Crippen molar-refractivity contribution in [2.45, 2.75) is 12.3 Å². The minimum atomic E-state index is -0.763. The van der Waals surface area contributed by atoms with Crippen LogP contribution in [-0.4, -0.2) is 21.0 Å². The van der Waals surface area contributed by atoms with Gasteiger partial charge < -0.3 is 5.11 Å². The molecule has 19 heavy (non-hydrogen) atoms. The maximum Gasteiger partial charge on any atom is 0.307 e. The molecule has 1 N–H and O–H groups in total. The number of hydrogen-bond acceptors (Lipinski definition) is 3. The molecular weight excluding hydrogens is 308 g/mol. The summed E-state index contributed by atoms with van der Waals surface area (Å²) >= 11 is 3.43. The lowest BCUT2D eigenvalue weighted by atomic mass is 10.1. The Morgan fingerprint density at radius 3 is 2.89 bits per heavy atom. The van der Waals surface area contributed by atoms with Crippen LogP contribution in [0.3, 0.4) is 0 Å². The van der Waals surface area contributed by atoms with E-state index in [9.17, 15) is 4.79 Å². The van der Waals surface area contributed by atoms with E-state index >= 15 is 0 Å². The highest BCUT2D eigenvalue weighted by Gasteiger charge is 2.46. The van der Waals surface area contributed by atoms with Crippen molar-refractivity contribution in [2.24, 2.45) is 5.92 Å². The second-order valence-electron chi connectivity index (χ2n) is 4.60. The van der Waals surface area contributed by atoms with Crippen molar-refractivity contribution in [1.82, 2.24) is 9.97 Å². The SMILES string of the molecule is O=C(O)C1CC1c1nccc(-c2cccc(Br)c2)n1. The fraction of sp³-hybridized carbons (Fsp3) is 0.214. The molecule has 0 spiro atoms. The van der Waals surface area contributed by atoms with Gasteiger partial charge in [0.2, 0.25) is 0 Å². The van der Waals surface area contributed by atoms with Crippen LogP contribution in [0.5, 0.6) is 0 Å². The molecule has 4 nitrogen and oxygen atoms in total. The van der Waals surface area contributed by atoms with Crippen LogP contribution >= 0.6 is 15.9 Å². The molecule has 96 valence electrons. The highest BCUT2D eigenvalue weighted by Crippen LogP contribution is 2.46. The van der Waals surface area contributed by atoms with E-state index in [0.29, 0.717) is 12.2 Å². The molecule has 1 fully saturated rings. The zero-order chi connectivity index (χ0) is 13.4. The van der Waals surface area contributed by atoms with E-state index in [1.54, 1.807) is 6.20 Å². The summed E-state index contributed by atoms with van der Waals surface area (Å²) in [5.74, 6) is -0.492. The van der Waals surface area contributed by atoms with Crippen LogP contribution in [-0.2, 0) is 4.79 Å². The molecule has 1 aliphatic rings. The molecule has 0 saturated heterocycles. The minimum absolute atomic E-state index is 0.0374. The van der Waals surface area contributed by atoms with Gasteiger partial charge in [-0.1, -0.05) is 28.1 Å². The highest BCUT2D eigenvalue weighted by molar-refractivity contribution is 9.10. The maximum atomic E-state index is 10.9. The highest BCUT2D eigenvalue weighted by atomic mass is 79.9. The topological polar surface area (TPSA) is 63.1 Å². The first-order chi connectivity index (χ1) is 9.15. The van der Waals surface area contributed by atoms with Crippen molar-refractivity contribution in [3.05, 3.63) is 46.8 Å². The Hall–Kier alpha value is -1.75. The molecule has 1 aromatic carbocycles. The third kappa shape index (κ3) is 2.51. The molecule has 0 aliphatic heterocycles. The summed E-state index contributed by atoms with van der Waals surface area (Å²) in [7, 11) is 0. The van der Waals surface area contributed by atoms with Crippen LogP contribution in [0.15, 0.2) is 41.0 Å². The number of nitrogens with zero attached hydrogens (tertiary/aromatic N) is 2. The molecule has 0 radical (unpaired) electrons. The Labute approximate surface area is 118 Å². The molecule has 2 aromatic rings. The van der Waals surface area contributed by atoms with Gasteiger partial charge >= 0.3 is 5.97 Å². The Kier molecular flexibility index (Phi) is 3.06. The summed E-state index contributed by atoms with van der Waals surface area (Å²) in [6.07, 6.45) is 2.33. The first-order valence-corrected chi connectivity index (χ1v) is 6.76. The van der Waals surface area contributed by atoms with Gasteiger partial charge in [0.1, 0.15) is 5.82 Å². The van der Waals surface area contributed by atoms with Crippen LogP contribution in [0, 0.1) is 5.92 Å². The largest absolute Gasteiger partial charge is 0.481 e. The average Bonchev–Trinajstić information content (AvgIpc) is 3.19. The normalized spacial score (nSPS) is 21.1. The Morgan fingerprint density at radius 1 is 1.37 bits per heavy atom. The van der Waals surface area contributed by atoms with Gasteiger partial charge in [0.05, 0.1) is 11.6 Å². The van der Waals surface area contributed by atoms with Crippen molar-refractivity contribution < 1.29 is 9.90 Å². The van der Waals surface area contributed by atoms with Crippen molar-refractivity contribution in [2.75, 3.05) is 0 Å². The zero-order valence-electron chi connectivity index (χ0n) is 9.95. The number of carboxylic acid groups (broad SMARTS) is 1. The fourth-order valence-electron chi connectivity index (χ4n) is 2.11. The van der Waals surface area contributed by atoms with Crippen LogP contribution in [0.25, 0.3) is 11.3 Å². The van der Waals surface area contributed by atoms with Gasteiger partial charge in [0.25, 0.3) is 0 Å². The van der Waals surface area contributed by atoms with Crippen LogP contribution in [0.4, 0.5) is 0 Å². The minimum Gasteiger partial charge on any atom is -0.481 e. The number of carbonyl (C=O) groups is 1. The summed E-state index contributed by atoms with van der Waals surface area (Å²) in [6, 6.07) is 9.68. The zero-order valence-corrected chi connectivity index (χ0v) is 11.5. The predicted molar refractivity (Wildman–Crippen MR) is 73.7 cm³/mol. The van der Waals surface area contributed by atoms with E-state index in [4.69, 9.17) is 5.11 Å². The second-order valence-corrected chi connectivity index (χ2v) is 5.51. The van der Waals surface area contributed by atoms with E-state index in [1.807, 2.05) is 30.3 Å². The Bertz CT molecular complexity index is 645. The number of aromatic nitrogens is 2. The quantitative estimate of drug-likeness (QED) is 0.944. The molecule has 1 heterocycles. The fourth-order valence-corrected chi connectivity index (χ4v) is 2.51. The van der Waals surface area contributed by atoms with Crippen molar-refractivity contribution >= 4 is 21.9 Å². The van der Waals surface area contributed by atoms with Crippen molar-refractivity contribution in [3.63, 3.8) is 0 Å². The third-order valence-electron chi connectivity index (χ3n) is 3.23. The van der Waals surface area contributed by atoms with Gasteiger partial charge in [-0.2, -0.15) is 0 Å². The molecule has 1 aromatic heterocycles. The molecule has 2 atom stereocenters. The standard InChI is InChI=1S/C14H11BrN2O2/c15-9-3-1-2-8(6-9)12-4-5-16-13(17-12)10-7-11(10)14(18)19/h1-6,10-11H,7H2,(H,18,19). The van der Waals surface area contributed by atoms with Gasteiger partial charge in [-0.05, 0) is 24.6 Å². The second kappa shape index (κ2) is 4.74. The lowest BCUT2D eigenvalue weighted by Crippen LogP contribution is -2.02. The van der Waals surface area contributed by atoms with E-state index in [0.717, 1.165) is 15.7 Å². The lowest BCUT2D eigenvalue weighted by Gasteiger charge is -2.03. The van der Waals surface area contributed by atoms with Gasteiger partial charge in [-0.3, -0.25) is 4.79 Å². The summed E-state index contributed by atoms with van der Waals surface area (Å²) in [5, 5.41) is 8.95. The van der Waals surface area contributed by atoms with Gasteiger partial charge in [-0.15, -0.1) is 0 Å². The van der Waals surface area contributed by atoms with Crippen molar-refractivity contribution in [1.29, 1.82) is 0 Å². The third-order valence-corrected chi connectivity index (χ3v) is 3.73. The monoisotopic (exact) mass is 318 g/mol. The predicted octanol–water partition coefficient (Wildman–Crippen LogP) is 3.09. The lowest BCUT2D eigenvalue weighted by molar-refractivity contribution is -0.138. The molecule has 2 unspecified atom stereocenters. The number of halogens is 1. The maximum absolute atomic E-state index is 10.9. The number of rotatable bonds is 3. The first-order valence-electron chi connectivity index (χ1n) is 5.97. The van der Waals surface area contributed by atoms with Crippen LogP contribution in [0.2, 0.25) is 0 Å². The van der Waals surface area contributed by atoms with E-state index in [-0.39, 0.29) is 11.8 Å². The summed E-state index contributed by atoms with van der Waals surface area (Å²) in [4.78, 5) is 19.6. The number of hydrogen-bond donors (Lipinski definition) is 1. The number of carboxylic acids is 1. The summed E-state index contributed by atoms with van der Waals surface area (Å²) in [5.41, 5.74) is 1.81. The van der Waals surface area contributed by atoms with E-state index in [2.05, 4.69) is 25.9 Å². The van der Waals surface area contributed by atoms with Gasteiger partial charge in [0.15, 0.2) is 0 Å². The Morgan fingerprint density at radius 2 is 2.21 bits per heavy atom. The number of benzene rings is 1. The average molecular weight is 319 g/mol. The summed E-state index contributed by atoms with van der Waals surface area (Å²) in [6.45, 7) is 0. The molecule has 5 heteroatoms. The smallest absolute Gasteiger partial charge is 0.307 e. The molecule has 3 rings (SSSR count). The molecule has 0 amide bonds. The first kappa shape index (κ1) is 12.3. The van der Waals surface area contributed by atoms with Crippen molar-refractivity contribution in [3.8, 4) is 11.3 Å². The number of aliphatic carboxylic acids is 1. The van der Waals surface area contributed by atoms with E-state index < -0.39 is 5.97 Å². The van der Waals surface area contributed by atoms with Crippen LogP contribution < -0.4 is 0 Å². The summed E-state index contributed by atoms with van der Waals surface area (Å²) < 4.78 is 0.986. The molecular formula is C14H11BrN2O2. The molecule has 0 bridgehead atoms. The van der Waals surface area contributed by atoms with Gasteiger partial charge in [-0.25, -0.2) is 9.97 Å². The molecule has 1 saturated carbocycles. The van der Waals surface area contributed by atoms with Crippen LogP contribution in [0.1, 0.15) is 18.2 Å². The van der Waals surface area contributed by atoms with Gasteiger partial charge in [0, 0.05) is 22.2 Å².